The molecule has 3 heteroatoms. The van der Waals surface area contributed by atoms with E-state index in [-0.39, 0.29) is 18.2 Å². The molecule has 1 rings (SSSR count). The van der Waals surface area contributed by atoms with Crippen molar-refractivity contribution in [1.29, 1.82) is 0 Å². The number of rotatable bonds is 3. The smallest absolute Gasteiger partial charge is 0.407 e. The molecule has 1 aliphatic heterocycles. The van der Waals surface area contributed by atoms with Gasteiger partial charge in [0.15, 0.2) is 0 Å². The topological polar surface area (TPSA) is 38.3 Å². The zero-order chi connectivity index (χ0) is 9.14. The molecule has 12 heavy (non-hydrogen) atoms. The molecule has 2 atom stereocenters. The summed E-state index contributed by atoms with van der Waals surface area (Å²) < 4.78 is 5.05. The van der Waals surface area contributed by atoms with Crippen molar-refractivity contribution in [1.82, 2.24) is 5.32 Å². The number of carbonyl (C=O) groups is 1. The highest BCUT2D eigenvalue weighted by Gasteiger charge is 2.34. The molecule has 0 spiro atoms. The number of nitrogens with one attached hydrogen (secondary N) is 1. The van der Waals surface area contributed by atoms with E-state index in [0.717, 1.165) is 6.42 Å². The van der Waals surface area contributed by atoms with Crippen molar-refractivity contribution in [3.8, 4) is 0 Å². The molecule has 68 valence electrons. The van der Waals surface area contributed by atoms with Crippen LogP contribution in [0.5, 0.6) is 0 Å². The normalized spacial score (nSPS) is 28.4. The van der Waals surface area contributed by atoms with Crippen molar-refractivity contribution >= 4 is 6.09 Å². The van der Waals surface area contributed by atoms with E-state index >= 15 is 0 Å². The van der Waals surface area contributed by atoms with Crippen molar-refractivity contribution < 1.29 is 9.53 Å². The van der Waals surface area contributed by atoms with Gasteiger partial charge >= 0.3 is 6.09 Å². The molecule has 0 aromatic rings. The summed E-state index contributed by atoms with van der Waals surface area (Å²) in [6, 6.07) is 0.135. The number of amides is 1. The van der Waals surface area contributed by atoms with Crippen molar-refractivity contribution in [2.75, 3.05) is 0 Å². The fraction of sp³-hybridized carbons (Fsp3) is 0.667. The average molecular weight is 169 g/mol. The molecule has 1 fully saturated rings. The van der Waals surface area contributed by atoms with Gasteiger partial charge in [0, 0.05) is 6.42 Å². The van der Waals surface area contributed by atoms with Crippen LogP contribution in [0.15, 0.2) is 12.7 Å². The molecule has 2 unspecified atom stereocenters. The summed E-state index contributed by atoms with van der Waals surface area (Å²) >= 11 is 0. The van der Waals surface area contributed by atoms with Gasteiger partial charge in [-0.25, -0.2) is 4.79 Å². The third-order valence-corrected chi connectivity index (χ3v) is 2.06. The maximum Gasteiger partial charge on any atom is 0.407 e. The first-order valence-electron chi connectivity index (χ1n) is 4.23. The van der Waals surface area contributed by atoms with E-state index in [1.54, 1.807) is 6.08 Å². The number of hydrogen-bond donors (Lipinski definition) is 1. The minimum Gasteiger partial charge on any atom is -0.444 e. The van der Waals surface area contributed by atoms with Gasteiger partial charge in [0.25, 0.3) is 0 Å². The predicted octanol–water partition coefficient (Wildman–Crippen LogP) is 1.70. The number of ether oxygens (including phenoxy) is 1. The summed E-state index contributed by atoms with van der Waals surface area (Å²) in [5.41, 5.74) is 0. The maximum absolute atomic E-state index is 10.9. The minimum absolute atomic E-state index is 0.0324. The lowest BCUT2D eigenvalue weighted by Crippen LogP contribution is -2.36. The summed E-state index contributed by atoms with van der Waals surface area (Å²) in [5, 5.41) is 2.78. The maximum atomic E-state index is 10.9. The first kappa shape index (κ1) is 9.10. The Morgan fingerprint density at radius 2 is 2.42 bits per heavy atom. The molecular formula is C9H15NO2. The second-order valence-electron chi connectivity index (χ2n) is 3.38. The van der Waals surface area contributed by atoms with E-state index in [1.807, 2.05) is 0 Å². The number of hydrogen-bond acceptors (Lipinski definition) is 2. The van der Waals surface area contributed by atoms with Crippen molar-refractivity contribution in [3.05, 3.63) is 12.7 Å². The Morgan fingerprint density at radius 1 is 1.75 bits per heavy atom. The lowest BCUT2D eigenvalue weighted by molar-refractivity contribution is 0.127. The molecular weight excluding hydrogens is 154 g/mol. The third-order valence-electron chi connectivity index (χ3n) is 2.06. The number of alkyl carbamates (subject to hydrolysis) is 1. The van der Waals surface area contributed by atoms with Gasteiger partial charge in [-0.05, 0) is 5.92 Å². The van der Waals surface area contributed by atoms with Gasteiger partial charge in [0.1, 0.15) is 6.10 Å². The summed E-state index contributed by atoms with van der Waals surface area (Å²) in [7, 11) is 0. The summed E-state index contributed by atoms with van der Waals surface area (Å²) in [5.74, 6) is 0.404. The zero-order valence-corrected chi connectivity index (χ0v) is 7.54. The fourth-order valence-corrected chi connectivity index (χ4v) is 1.43. The third kappa shape index (κ3) is 1.78. The van der Waals surface area contributed by atoms with Gasteiger partial charge in [0.2, 0.25) is 0 Å². The Morgan fingerprint density at radius 3 is 2.92 bits per heavy atom. The molecule has 0 radical (unpaired) electrons. The molecule has 1 saturated heterocycles. The Hall–Kier alpha value is -0.990. The Balaban J connectivity index is 2.58. The second kappa shape index (κ2) is 3.61. The number of cyclic esters (lactones) is 1. The number of carbonyl (C=O) groups excluding carboxylic acids is 1. The quantitative estimate of drug-likeness (QED) is 0.653. The molecule has 0 aromatic carbocycles. The summed E-state index contributed by atoms with van der Waals surface area (Å²) in [6.45, 7) is 7.75. The summed E-state index contributed by atoms with van der Waals surface area (Å²) in [6.07, 6.45) is 2.16. The van der Waals surface area contributed by atoms with Gasteiger partial charge in [-0.3, -0.25) is 0 Å². The molecule has 1 aliphatic rings. The Bertz CT molecular complexity index is 189. The van der Waals surface area contributed by atoms with Gasteiger partial charge in [-0.1, -0.05) is 19.9 Å². The van der Waals surface area contributed by atoms with Gasteiger partial charge in [-0.2, -0.15) is 0 Å². The van der Waals surface area contributed by atoms with Gasteiger partial charge < -0.3 is 10.1 Å². The fourth-order valence-electron chi connectivity index (χ4n) is 1.43. The zero-order valence-electron chi connectivity index (χ0n) is 7.54. The standard InChI is InChI=1S/C9H15NO2/c1-4-5-7-8(6(2)3)10-9(11)12-7/h4,6-8H,1,5H2,2-3H3,(H,10,11). The van der Waals surface area contributed by atoms with Crippen LogP contribution in [-0.2, 0) is 4.74 Å². The molecule has 0 aromatic heterocycles. The molecule has 3 nitrogen and oxygen atoms in total. The van der Waals surface area contributed by atoms with Crippen molar-refractivity contribution in [2.45, 2.75) is 32.4 Å². The van der Waals surface area contributed by atoms with Crippen LogP contribution in [0.25, 0.3) is 0 Å². The molecule has 0 bridgehead atoms. The van der Waals surface area contributed by atoms with E-state index in [1.165, 1.54) is 0 Å². The van der Waals surface area contributed by atoms with Crippen LogP contribution >= 0.6 is 0 Å². The molecule has 1 N–H and O–H groups in total. The van der Waals surface area contributed by atoms with E-state index in [4.69, 9.17) is 4.74 Å². The first-order valence-corrected chi connectivity index (χ1v) is 4.23. The first-order chi connectivity index (χ1) is 5.65. The SMILES string of the molecule is C=CCC1OC(=O)NC1C(C)C. The van der Waals surface area contributed by atoms with E-state index < -0.39 is 0 Å². The van der Waals surface area contributed by atoms with Crippen LogP contribution in [-0.4, -0.2) is 18.2 Å². The lowest BCUT2D eigenvalue weighted by atomic mass is 9.97. The molecule has 1 amide bonds. The van der Waals surface area contributed by atoms with E-state index in [9.17, 15) is 4.79 Å². The van der Waals surface area contributed by atoms with Crippen LogP contribution < -0.4 is 5.32 Å². The average Bonchev–Trinajstić information content (AvgIpc) is 2.32. The van der Waals surface area contributed by atoms with Gasteiger partial charge in [0.05, 0.1) is 6.04 Å². The van der Waals surface area contributed by atoms with Crippen LogP contribution in [0, 0.1) is 5.92 Å². The summed E-state index contributed by atoms with van der Waals surface area (Å²) in [4.78, 5) is 10.9. The Labute approximate surface area is 72.8 Å². The van der Waals surface area contributed by atoms with Crippen molar-refractivity contribution in [3.63, 3.8) is 0 Å². The highest BCUT2D eigenvalue weighted by atomic mass is 16.6. The van der Waals surface area contributed by atoms with Crippen molar-refractivity contribution in [2.24, 2.45) is 5.92 Å². The van der Waals surface area contributed by atoms with Gasteiger partial charge in [-0.15, -0.1) is 6.58 Å². The van der Waals surface area contributed by atoms with Crippen LogP contribution in [0.4, 0.5) is 4.79 Å². The highest BCUT2D eigenvalue weighted by Crippen LogP contribution is 2.18. The molecule has 0 aliphatic carbocycles. The van der Waals surface area contributed by atoms with E-state index in [0.29, 0.717) is 5.92 Å². The molecule has 0 saturated carbocycles. The molecule has 1 heterocycles. The van der Waals surface area contributed by atoms with E-state index in [2.05, 4.69) is 25.7 Å². The minimum atomic E-state index is -0.305. The largest absolute Gasteiger partial charge is 0.444 e. The van der Waals surface area contributed by atoms with Crippen LogP contribution in [0.3, 0.4) is 0 Å². The monoisotopic (exact) mass is 169 g/mol. The predicted molar refractivity (Wildman–Crippen MR) is 46.8 cm³/mol. The van der Waals surface area contributed by atoms with Crippen LogP contribution in [0.2, 0.25) is 0 Å². The Kier molecular flexibility index (Phi) is 2.74. The lowest BCUT2D eigenvalue weighted by Gasteiger charge is -2.18. The second-order valence-corrected chi connectivity index (χ2v) is 3.38. The highest BCUT2D eigenvalue weighted by molar-refractivity contribution is 5.70. The van der Waals surface area contributed by atoms with Crippen LogP contribution in [0.1, 0.15) is 20.3 Å².